The van der Waals surface area contributed by atoms with Crippen molar-refractivity contribution in [3.05, 3.63) is 30.8 Å². The lowest BCUT2D eigenvalue weighted by Gasteiger charge is -2.23. The molecule has 0 bridgehead atoms. The first kappa shape index (κ1) is 24.6. The minimum Gasteiger partial charge on any atom is -0.142 e. The fourth-order valence-corrected chi connectivity index (χ4v) is 8.33. The average molecular weight is 548 g/mol. The largest absolute Gasteiger partial charge is 0.142 e. The number of halogens is 2. The highest BCUT2D eigenvalue weighted by molar-refractivity contribution is 9.11. The molecular formula is C24H36Br2S2. The van der Waals surface area contributed by atoms with E-state index in [1.165, 1.54) is 82.2 Å². The fraction of sp³-hybridized carbons (Fsp3) is 0.667. The zero-order chi connectivity index (χ0) is 20.5. The Labute approximate surface area is 197 Å². The first-order valence-electron chi connectivity index (χ1n) is 11.1. The Bertz CT molecular complexity index is 702. The van der Waals surface area contributed by atoms with E-state index in [1.54, 1.807) is 11.1 Å². The Morgan fingerprint density at radius 1 is 0.786 bits per heavy atom. The highest BCUT2D eigenvalue weighted by Gasteiger charge is 2.29. The summed E-state index contributed by atoms with van der Waals surface area (Å²) >= 11 is 11.7. The topological polar surface area (TPSA) is 0 Å². The smallest absolute Gasteiger partial charge is 0.0743 e. The molecule has 2 aromatic rings. The van der Waals surface area contributed by atoms with Crippen LogP contribution in [0.1, 0.15) is 115 Å². The molecule has 0 N–H and O–H groups in total. The van der Waals surface area contributed by atoms with Crippen LogP contribution in [0.25, 0.3) is 9.75 Å². The van der Waals surface area contributed by atoms with Crippen LogP contribution < -0.4 is 0 Å². The average Bonchev–Trinajstić information content (AvgIpc) is 3.26. The molecule has 2 aromatic heterocycles. The van der Waals surface area contributed by atoms with Gasteiger partial charge in [-0.2, -0.15) is 0 Å². The standard InChI is InChI=1S/C24H36Br2S2/c1-5-9-11-13-17(7-3)20-21(18(8-4)14-12-10-6-2)24(26)28-23(20)22-19(25)15-16-27-22/h15-18H,5-14H2,1-4H3. The van der Waals surface area contributed by atoms with Crippen molar-refractivity contribution in [2.45, 2.75) is 104 Å². The predicted molar refractivity (Wildman–Crippen MR) is 137 cm³/mol. The van der Waals surface area contributed by atoms with Crippen molar-refractivity contribution in [2.75, 3.05) is 0 Å². The van der Waals surface area contributed by atoms with Gasteiger partial charge in [-0.05, 0) is 92.0 Å². The monoisotopic (exact) mass is 546 g/mol. The molecule has 0 amide bonds. The van der Waals surface area contributed by atoms with Gasteiger partial charge in [-0.3, -0.25) is 0 Å². The van der Waals surface area contributed by atoms with Gasteiger partial charge in [-0.15, -0.1) is 22.7 Å². The lowest BCUT2D eigenvalue weighted by molar-refractivity contribution is 0.523. The lowest BCUT2D eigenvalue weighted by atomic mass is 9.82. The molecule has 2 heterocycles. The van der Waals surface area contributed by atoms with Gasteiger partial charge in [0.2, 0.25) is 0 Å². The molecule has 0 aliphatic rings. The molecule has 0 fully saturated rings. The molecule has 2 rings (SSSR count). The molecule has 0 aliphatic carbocycles. The van der Waals surface area contributed by atoms with Gasteiger partial charge in [-0.25, -0.2) is 0 Å². The van der Waals surface area contributed by atoms with Crippen molar-refractivity contribution in [2.24, 2.45) is 0 Å². The Hall–Kier alpha value is 0.360. The van der Waals surface area contributed by atoms with E-state index >= 15 is 0 Å². The van der Waals surface area contributed by atoms with E-state index in [-0.39, 0.29) is 0 Å². The van der Waals surface area contributed by atoms with Gasteiger partial charge in [0.15, 0.2) is 0 Å². The van der Waals surface area contributed by atoms with Crippen LogP contribution >= 0.6 is 54.5 Å². The third-order valence-corrected chi connectivity index (χ3v) is 9.80. The summed E-state index contributed by atoms with van der Waals surface area (Å²) in [4.78, 5) is 2.94. The van der Waals surface area contributed by atoms with Gasteiger partial charge in [0.05, 0.1) is 13.5 Å². The third-order valence-electron chi connectivity index (χ3n) is 5.88. The van der Waals surface area contributed by atoms with E-state index in [2.05, 4.69) is 71.0 Å². The summed E-state index contributed by atoms with van der Waals surface area (Å²) in [5, 5.41) is 2.22. The molecule has 2 atom stereocenters. The van der Waals surface area contributed by atoms with E-state index in [0.717, 1.165) is 0 Å². The molecule has 0 radical (unpaired) electrons. The van der Waals surface area contributed by atoms with E-state index in [9.17, 15) is 0 Å². The second kappa shape index (κ2) is 12.9. The van der Waals surface area contributed by atoms with Crippen molar-refractivity contribution in [3.63, 3.8) is 0 Å². The van der Waals surface area contributed by atoms with Crippen molar-refractivity contribution >= 4 is 54.5 Å². The third kappa shape index (κ3) is 6.18. The molecule has 0 saturated carbocycles. The summed E-state index contributed by atoms with van der Waals surface area (Å²) in [5.74, 6) is 1.35. The SMILES string of the molecule is CCCCCC(CC)c1c(Br)sc(-c2sccc2Br)c1C(CC)CCCCC. The second-order valence-electron chi connectivity index (χ2n) is 7.83. The summed E-state index contributed by atoms with van der Waals surface area (Å²) in [6, 6.07) is 2.20. The minimum absolute atomic E-state index is 0.674. The van der Waals surface area contributed by atoms with Crippen molar-refractivity contribution in [1.29, 1.82) is 0 Å². The minimum atomic E-state index is 0.674. The van der Waals surface area contributed by atoms with Gasteiger partial charge in [0.25, 0.3) is 0 Å². The Morgan fingerprint density at radius 3 is 1.82 bits per heavy atom. The summed E-state index contributed by atoms with van der Waals surface area (Å²) < 4.78 is 2.64. The molecule has 2 unspecified atom stereocenters. The molecule has 158 valence electrons. The van der Waals surface area contributed by atoms with Gasteiger partial charge in [0, 0.05) is 4.47 Å². The van der Waals surface area contributed by atoms with Gasteiger partial charge in [-0.1, -0.05) is 66.2 Å². The molecule has 0 saturated heterocycles. The summed E-state index contributed by atoms with van der Waals surface area (Å²) in [6.45, 7) is 9.38. The first-order chi connectivity index (χ1) is 13.6. The first-order valence-corrected chi connectivity index (χ1v) is 14.4. The van der Waals surface area contributed by atoms with Gasteiger partial charge >= 0.3 is 0 Å². The summed E-state index contributed by atoms with van der Waals surface area (Å²) in [7, 11) is 0. The van der Waals surface area contributed by atoms with Crippen LogP contribution in [0.5, 0.6) is 0 Å². The lowest BCUT2D eigenvalue weighted by Crippen LogP contribution is -2.06. The Morgan fingerprint density at radius 2 is 1.36 bits per heavy atom. The summed E-state index contributed by atoms with van der Waals surface area (Å²) in [6.07, 6.45) is 13.1. The van der Waals surface area contributed by atoms with Crippen LogP contribution in [0.3, 0.4) is 0 Å². The number of hydrogen-bond donors (Lipinski definition) is 0. The zero-order valence-electron chi connectivity index (χ0n) is 18.0. The molecule has 0 nitrogen and oxygen atoms in total. The van der Waals surface area contributed by atoms with Crippen LogP contribution in [0, 0.1) is 0 Å². The number of rotatable bonds is 13. The van der Waals surface area contributed by atoms with E-state index in [0.29, 0.717) is 11.8 Å². The highest BCUT2D eigenvalue weighted by Crippen LogP contribution is 2.52. The predicted octanol–water partition coefficient (Wildman–Crippen LogP) is 11.1. The summed E-state index contributed by atoms with van der Waals surface area (Å²) in [5.41, 5.74) is 3.31. The van der Waals surface area contributed by atoms with E-state index in [1.807, 2.05) is 22.7 Å². The molecule has 28 heavy (non-hydrogen) atoms. The zero-order valence-corrected chi connectivity index (χ0v) is 22.8. The maximum Gasteiger partial charge on any atom is 0.0743 e. The normalized spacial score (nSPS) is 13.8. The van der Waals surface area contributed by atoms with E-state index in [4.69, 9.17) is 0 Å². The van der Waals surface area contributed by atoms with Crippen LogP contribution in [-0.2, 0) is 0 Å². The molecule has 0 spiro atoms. The highest BCUT2D eigenvalue weighted by atomic mass is 79.9. The van der Waals surface area contributed by atoms with Crippen LogP contribution in [0.4, 0.5) is 0 Å². The molecule has 0 aliphatic heterocycles. The van der Waals surface area contributed by atoms with Gasteiger partial charge in [0.1, 0.15) is 0 Å². The number of hydrogen-bond acceptors (Lipinski definition) is 2. The Kier molecular flexibility index (Phi) is 11.4. The van der Waals surface area contributed by atoms with Crippen molar-refractivity contribution in [1.82, 2.24) is 0 Å². The van der Waals surface area contributed by atoms with Gasteiger partial charge < -0.3 is 0 Å². The fourth-order valence-electron chi connectivity index (χ4n) is 4.22. The van der Waals surface area contributed by atoms with Crippen LogP contribution in [0.2, 0.25) is 0 Å². The van der Waals surface area contributed by atoms with E-state index < -0.39 is 0 Å². The second-order valence-corrected chi connectivity index (χ2v) is 11.9. The number of unbranched alkanes of at least 4 members (excludes halogenated alkanes) is 4. The maximum atomic E-state index is 4.02. The van der Waals surface area contributed by atoms with Crippen molar-refractivity contribution < 1.29 is 0 Å². The quantitative estimate of drug-likeness (QED) is 0.219. The Balaban J connectivity index is 2.50. The van der Waals surface area contributed by atoms with Crippen LogP contribution in [0.15, 0.2) is 19.7 Å². The van der Waals surface area contributed by atoms with Crippen LogP contribution in [-0.4, -0.2) is 0 Å². The molecular weight excluding hydrogens is 512 g/mol. The van der Waals surface area contributed by atoms with Crippen molar-refractivity contribution in [3.8, 4) is 9.75 Å². The molecule has 4 heteroatoms. The maximum absolute atomic E-state index is 4.02. The number of thiophene rings is 2. The molecule has 0 aromatic carbocycles.